The molecule has 0 saturated heterocycles. The van der Waals surface area contributed by atoms with E-state index in [1.807, 2.05) is 0 Å². The van der Waals surface area contributed by atoms with E-state index in [1.165, 1.54) is 25.7 Å². The third kappa shape index (κ3) is 5.46. The topological polar surface area (TPSA) is 115 Å². The van der Waals surface area contributed by atoms with Crippen molar-refractivity contribution in [3.05, 3.63) is 0 Å². The molecule has 0 amide bonds. The number of aliphatic carboxylic acids is 2. The maximum atomic E-state index is 9.00. The Labute approximate surface area is 119 Å². The van der Waals surface area contributed by atoms with Gasteiger partial charge in [0.15, 0.2) is 0 Å². The number of carboxylic acids is 2. The van der Waals surface area contributed by atoms with Crippen molar-refractivity contribution in [3.63, 3.8) is 0 Å². The van der Waals surface area contributed by atoms with Crippen molar-refractivity contribution in [1.29, 1.82) is 0 Å². The van der Waals surface area contributed by atoms with Crippen LogP contribution in [0.15, 0.2) is 0 Å². The van der Waals surface area contributed by atoms with Gasteiger partial charge >= 0.3 is 0 Å². The smallest absolute Gasteiger partial charge is 0.300 e. The van der Waals surface area contributed by atoms with Crippen molar-refractivity contribution in [2.45, 2.75) is 52.4 Å². The predicted octanol–water partition coefficient (Wildman–Crippen LogP) is 1.49. The number of aliphatic hydroxyl groups is 2. The molecule has 4 N–H and O–H groups in total. The van der Waals surface area contributed by atoms with Crippen LogP contribution in [-0.2, 0) is 9.59 Å². The fraction of sp³-hybridized carbons (Fsp3) is 0.857. The van der Waals surface area contributed by atoms with Crippen LogP contribution in [0, 0.1) is 10.8 Å². The second kappa shape index (κ2) is 8.21. The van der Waals surface area contributed by atoms with E-state index in [9.17, 15) is 0 Å². The summed E-state index contributed by atoms with van der Waals surface area (Å²) >= 11 is 0. The van der Waals surface area contributed by atoms with Crippen LogP contribution in [0.25, 0.3) is 0 Å². The molecule has 0 bridgehead atoms. The highest BCUT2D eigenvalue weighted by atomic mass is 16.4. The zero-order chi connectivity index (χ0) is 15.8. The fourth-order valence-electron chi connectivity index (χ4n) is 3.46. The molecule has 6 nitrogen and oxygen atoms in total. The number of aliphatic hydroxyl groups excluding tert-OH is 2. The van der Waals surface area contributed by atoms with Crippen LogP contribution >= 0.6 is 0 Å². The molecule has 0 spiro atoms. The van der Waals surface area contributed by atoms with Gasteiger partial charge in [-0.05, 0) is 42.9 Å². The van der Waals surface area contributed by atoms with E-state index in [-0.39, 0.29) is 0 Å². The average molecular weight is 290 g/mol. The second-order valence-corrected chi connectivity index (χ2v) is 5.58. The Morgan fingerprint density at radius 2 is 1.20 bits per heavy atom. The molecule has 6 heteroatoms. The predicted molar refractivity (Wildman–Crippen MR) is 73.4 cm³/mol. The van der Waals surface area contributed by atoms with Gasteiger partial charge in [0, 0.05) is 27.1 Å². The molecule has 0 aromatic rings. The molecule has 2 rings (SSSR count). The van der Waals surface area contributed by atoms with Crippen LogP contribution in [-0.4, -0.2) is 45.6 Å². The highest BCUT2D eigenvalue weighted by Gasteiger charge is 2.67. The van der Waals surface area contributed by atoms with Gasteiger partial charge in [-0.2, -0.15) is 0 Å². The number of hydrogen-bond donors (Lipinski definition) is 4. The van der Waals surface area contributed by atoms with Crippen molar-refractivity contribution in [2.24, 2.45) is 10.8 Å². The first-order valence-electron chi connectivity index (χ1n) is 6.86. The highest BCUT2D eigenvalue weighted by Crippen LogP contribution is 2.76. The second-order valence-electron chi connectivity index (χ2n) is 5.58. The maximum absolute atomic E-state index is 9.00. The van der Waals surface area contributed by atoms with Gasteiger partial charge in [0.25, 0.3) is 11.9 Å². The summed E-state index contributed by atoms with van der Waals surface area (Å²) in [6.07, 6.45) is 7.07. The summed E-state index contributed by atoms with van der Waals surface area (Å²) in [4.78, 5) is 18.0. The number of carbonyl (C=O) groups is 2. The minimum atomic E-state index is -0.833. The van der Waals surface area contributed by atoms with Gasteiger partial charge in [-0.3, -0.25) is 9.59 Å². The monoisotopic (exact) mass is 290 g/mol. The summed E-state index contributed by atoms with van der Waals surface area (Å²) in [7, 11) is 0. The maximum Gasteiger partial charge on any atom is 0.300 e. The van der Waals surface area contributed by atoms with Crippen LogP contribution in [0.4, 0.5) is 0 Å². The molecule has 0 aromatic carbocycles. The number of carboxylic acid groups (broad SMARTS) is 2. The van der Waals surface area contributed by atoms with E-state index in [0.29, 0.717) is 24.0 Å². The molecule has 0 heterocycles. The minimum absolute atomic E-state index is 0.327. The Kier molecular flexibility index (Phi) is 7.75. The number of fused-ring (bicyclic) bond motifs is 1. The zero-order valence-corrected chi connectivity index (χ0v) is 12.3. The van der Waals surface area contributed by atoms with Gasteiger partial charge in [-0.1, -0.05) is 6.42 Å². The summed E-state index contributed by atoms with van der Waals surface area (Å²) < 4.78 is 0. The Morgan fingerprint density at radius 1 is 0.900 bits per heavy atom. The van der Waals surface area contributed by atoms with Crippen molar-refractivity contribution in [1.82, 2.24) is 0 Å². The number of hydrogen-bond acceptors (Lipinski definition) is 4. The third-order valence-electron chi connectivity index (χ3n) is 4.17. The lowest BCUT2D eigenvalue weighted by atomic mass is 9.91. The lowest BCUT2D eigenvalue weighted by molar-refractivity contribution is -0.135. The van der Waals surface area contributed by atoms with Gasteiger partial charge in [0.1, 0.15) is 0 Å². The molecule has 2 aliphatic rings. The molecule has 118 valence electrons. The normalized spacial score (nSPS) is 29.2. The summed E-state index contributed by atoms with van der Waals surface area (Å²) in [5.74, 6) is -1.67. The van der Waals surface area contributed by atoms with Gasteiger partial charge in [0.05, 0.1) is 0 Å². The Hall–Kier alpha value is -1.14. The third-order valence-corrected chi connectivity index (χ3v) is 4.17. The fourth-order valence-corrected chi connectivity index (χ4v) is 3.46. The largest absolute Gasteiger partial charge is 0.481 e. The van der Waals surface area contributed by atoms with E-state index >= 15 is 0 Å². The van der Waals surface area contributed by atoms with E-state index < -0.39 is 11.9 Å². The van der Waals surface area contributed by atoms with E-state index in [0.717, 1.165) is 26.7 Å². The van der Waals surface area contributed by atoms with Crippen molar-refractivity contribution >= 4 is 11.9 Å². The standard InChI is InChI=1S/C10H18O2.2C2H4O2/c11-6-4-9-2-1-3-10(9,8-9)5-7-12;2*1-2(3)4/h11-12H,1-8H2;2*1H3,(H,3,4). The van der Waals surface area contributed by atoms with Gasteiger partial charge < -0.3 is 20.4 Å². The molecule has 2 saturated carbocycles. The summed E-state index contributed by atoms with van der Waals surface area (Å²) in [5.41, 5.74) is 0.898. The van der Waals surface area contributed by atoms with Crippen LogP contribution < -0.4 is 0 Å². The molecular formula is C14H26O6. The average Bonchev–Trinajstić information content (AvgIpc) is 2.73. The zero-order valence-electron chi connectivity index (χ0n) is 12.3. The van der Waals surface area contributed by atoms with Gasteiger partial charge in [-0.25, -0.2) is 0 Å². The summed E-state index contributed by atoms with van der Waals surface area (Å²) in [5, 5.41) is 32.7. The lowest BCUT2D eigenvalue weighted by Crippen LogP contribution is -2.11. The molecule has 0 aromatic heterocycles. The molecule has 2 unspecified atom stereocenters. The first kappa shape index (κ1) is 18.9. The number of rotatable bonds is 4. The molecule has 2 aliphatic carbocycles. The Balaban J connectivity index is 0.000000380. The molecule has 0 aliphatic heterocycles. The first-order chi connectivity index (χ1) is 9.25. The first-order valence-corrected chi connectivity index (χ1v) is 6.86. The summed E-state index contributed by atoms with van der Waals surface area (Å²) in [6.45, 7) is 2.82. The Morgan fingerprint density at radius 3 is 1.45 bits per heavy atom. The van der Waals surface area contributed by atoms with E-state index in [1.54, 1.807) is 0 Å². The van der Waals surface area contributed by atoms with E-state index in [4.69, 9.17) is 30.0 Å². The van der Waals surface area contributed by atoms with Crippen molar-refractivity contribution in [3.8, 4) is 0 Å². The molecule has 2 fully saturated rings. The van der Waals surface area contributed by atoms with Crippen molar-refractivity contribution < 1.29 is 30.0 Å². The molecule has 2 atom stereocenters. The van der Waals surface area contributed by atoms with Crippen LogP contribution in [0.5, 0.6) is 0 Å². The highest BCUT2D eigenvalue weighted by molar-refractivity contribution is 5.63. The quantitative estimate of drug-likeness (QED) is 0.623. The SMILES string of the molecule is CC(=O)O.CC(=O)O.OCCC12CCCC1(CCO)C2. The van der Waals surface area contributed by atoms with Gasteiger partial charge in [-0.15, -0.1) is 0 Å². The van der Waals surface area contributed by atoms with Crippen molar-refractivity contribution in [2.75, 3.05) is 13.2 Å². The minimum Gasteiger partial charge on any atom is -0.481 e. The molecular weight excluding hydrogens is 264 g/mol. The summed E-state index contributed by atoms with van der Waals surface area (Å²) in [6, 6.07) is 0. The van der Waals surface area contributed by atoms with Crippen LogP contribution in [0.2, 0.25) is 0 Å². The molecule has 0 radical (unpaired) electrons. The van der Waals surface area contributed by atoms with Gasteiger partial charge in [0.2, 0.25) is 0 Å². The lowest BCUT2D eigenvalue weighted by Gasteiger charge is -2.15. The van der Waals surface area contributed by atoms with Crippen LogP contribution in [0.3, 0.4) is 0 Å². The van der Waals surface area contributed by atoms with E-state index in [2.05, 4.69) is 0 Å². The molecule has 20 heavy (non-hydrogen) atoms. The van der Waals surface area contributed by atoms with Crippen LogP contribution in [0.1, 0.15) is 52.4 Å². The Bertz CT molecular complexity index is 292.